The highest BCUT2D eigenvalue weighted by molar-refractivity contribution is 6.31. The van der Waals surface area contributed by atoms with Gasteiger partial charge in [0.15, 0.2) is 5.72 Å². The predicted octanol–water partition coefficient (Wildman–Crippen LogP) is 3.15. The number of hydrogen-bond acceptors (Lipinski definition) is 4. The van der Waals surface area contributed by atoms with Crippen molar-refractivity contribution in [2.75, 3.05) is 18.0 Å². The van der Waals surface area contributed by atoms with Crippen LogP contribution in [0.15, 0.2) is 48.5 Å². The van der Waals surface area contributed by atoms with E-state index in [9.17, 15) is 9.59 Å². The van der Waals surface area contributed by atoms with Gasteiger partial charge in [-0.3, -0.25) is 14.5 Å². The van der Waals surface area contributed by atoms with Gasteiger partial charge in [-0.25, -0.2) is 4.90 Å². The average molecular weight is 371 g/mol. The van der Waals surface area contributed by atoms with E-state index >= 15 is 0 Å². The zero-order valence-corrected chi connectivity index (χ0v) is 15.4. The molecule has 0 spiro atoms. The van der Waals surface area contributed by atoms with Crippen molar-refractivity contribution in [3.8, 4) is 0 Å². The second kappa shape index (κ2) is 6.20. The third-order valence-electron chi connectivity index (χ3n) is 4.91. The van der Waals surface area contributed by atoms with Gasteiger partial charge < -0.3 is 4.74 Å². The minimum Gasteiger partial charge on any atom is -0.347 e. The maximum Gasteiger partial charge on any atom is 0.248 e. The molecular formula is C20H19ClN2O3. The van der Waals surface area contributed by atoms with E-state index in [-0.39, 0.29) is 24.5 Å². The highest BCUT2D eigenvalue weighted by atomic mass is 35.5. The first-order valence-corrected chi connectivity index (χ1v) is 8.93. The number of imide groups is 1. The fourth-order valence-electron chi connectivity index (χ4n) is 4.01. The van der Waals surface area contributed by atoms with E-state index in [0.29, 0.717) is 22.8 Å². The Morgan fingerprint density at radius 1 is 1.23 bits per heavy atom. The predicted molar refractivity (Wildman–Crippen MR) is 99.0 cm³/mol. The molecule has 1 saturated heterocycles. The Balaban J connectivity index is 2.06. The van der Waals surface area contributed by atoms with Gasteiger partial charge in [0.25, 0.3) is 0 Å². The summed E-state index contributed by atoms with van der Waals surface area (Å²) in [5.41, 5.74) is 1.18. The lowest BCUT2D eigenvalue weighted by molar-refractivity contribution is -0.128. The topological polar surface area (TPSA) is 49.9 Å². The van der Waals surface area contributed by atoms with Gasteiger partial charge in [-0.2, -0.15) is 0 Å². The van der Waals surface area contributed by atoms with Crippen molar-refractivity contribution in [2.45, 2.75) is 25.7 Å². The maximum atomic E-state index is 12.9. The van der Waals surface area contributed by atoms with E-state index in [1.807, 2.05) is 42.2 Å². The largest absolute Gasteiger partial charge is 0.347 e. The Morgan fingerprint density at radius 3 is 2.65 bits per heavy atom. The molecule has 26 heavy (non-hydrogen) atoms. The van der Waals surface area contributed by atoms with Crippen LogP contribution in [0.5, 0.6) is 0 Å². The normalized spacial score (nSPS) is 25.6. The highest BCUT2D eigenvalue weighted by Crippen LogP contribution is 2.48. The first kappa shape index (κ1) is 17.2. The lowest BCUT2D eigenvalue weighted by atomic mass is 9.91. The average Bonchev–Trinajstić information content (AvgIpc) is 2.89. The van der Waals surface area contributed by atoms with Gasteiger partial charge in [0.1, 0.15) is 0 Å². The zero-order chi connectivity index (χ0) is 18.5. The number of benzene rings is 2. The number of hydrogen-bond donors (Lipinski definition) is 0. The lowest BCUT2D eigenvalue weighted by Crippen LogP contribution is -2.45. The molecule has 2 aliphatic rings. The number of fused-ring (bicyclic) bond motifs is 3. The van der Waals surface area contributed by atoms with E-state index in [1.165, 1.54) is 11.8 Å². The van der Waals surface area contributed by atoms with Gasteiger partial charge in [0, 0.05) is 29.6 Å². The summed E-state index contributed by atoms with van der Waals surface area (Å²) in [7, 11) is 0. The van der Waals surface area contributed by atoms with Crippen LogP contribution in [0, 0.1) is 0 Å². The van der Waals surface area contributed by atoms with Gasteiger partial charge >= 0.3 is 0 Å². The van der Waals surface area contributed by atoms with Crippen molar-refractivity contribution in [3.63, 3.8) is 0 Å². The molecular weight excluding hydrogens is 352 g/mol. The van der Waals surface area contributed by atoms with E-state index < -0.39 is 5.72 Å². The molecule has 1 fully saturated rings. The van der Waals surface area contributed by atoms with Crippen LogP contribution in [0.2, 0.25) is 5.02 Å². The number of carbonyl (C=O) groups excluding carboxylic acids is 2. The summed E-state index contributed by atoms with van der Waals surface area (Å²) in [4.78, 5) is 28.4. The van der Waals surface area contributed by atoms with E-state index in [1.54, 1.807) is 18.2 Å². The molecule has 2 aromatic carbocycles. The molecule has 0 aliphatic carbocycles. The third-order valence-corrected chi connectivity index (χ3v) is 5.15. The number of carbonyl (C=O) groups is 2. The fourth-order valence-corrected chi connectivity index (χ4v) is 4.18. The van der Waals surface area contributed by atoms with Crippen molar-refractivity contribution in [1.82, 2.24) is 4.90 Å². The summed E-state index contributed by atoms with van der Waals surface area (Å²) in [6.07, 6.45) is -0.0706. The Morgan fingerprint density at radius 2 is 1.96 bits per heavy atom. The Kier molecular flexibility index (Phi) is 4.10. The Bertz CT molecular complexity index is 886. The van der Waals surface area contributed by atoms with Crippen molar-refractivity contribution in [1.29, 1.82) is 0 Å². The molecule has 2 aliphatic heterocycles. The molecule has 2 amide bonds. The standard InChI is InChI=1S/C20H19ClN2O3/c1-13-11-22-12-19(25)23(14(2)24)18-9-8-16(21)10-17(18)20(22,26-13)15-6-4-3-5-7-15/h3-10,13H,11-12H2,1-2H3/t13-,20+/m0/s1. The highest BCUT2D eigenvalue weighted by Gasteiger charge is 2.53. The molecule has 2 aromatic rings. The minimum absolute atomic E-state index is 0.0706. The fraction of sp³-hybridized carbons (Fsp3) is 0.300. The zero-order valence-electron chi connectivity index (χ0n) is 14.6. The number of anilines is 1. The molecule has 0 saturated carbocycles. The maximum absolute atomic E-state index is 12.9. The van der Waals surface area contributed by atoms with Crippen LogP contribution in [0.3, 0.4) is 0 Å². The minimum atomic E-state index is -0.958. The Labute approximate surface area is 157 Å². The van der Waals surface area contributed by atoms with Crippen LogP contribution in [0.4, 0.5) is 5.69 Å². The number of rotatable bonds is 1. The quantitative estimate of drug-likeness (QED) is 0.773. The van der Waals surface area contributed by atoms with Crippen LogP contribution in [0.25, 0.3) is 0 Å². The summed E-state index contributed by atoms with van der Waals surface area (Å²) in [5, 5.41) is 0.528. The summed E-state index contributed by atoms with van der Waals surface area (Å²) >= 11 is 6.31. The van der Waals surface area contributed by atoms with Gasteiger partial charge in [-0.15, -0.1) is 0 Å². The molecule has 2 atom stereocenters. The summed E-state index contributed by atoms with van der Waals surface area (Å²) in [6, 6.07) is 15.0. The first-order chi connectivity index (χ1) is 12.4. The van der Waals surface area contributed by atoms with Gasteiger partial charge in [-0.05, 0) is 25.1 Å². The lowest BCUT2D eigenvalue weighted by Gasteiger charge is -2.37. The molecule has 0 radical (unpaired) electrons. The van der Waals surface area contributed by atoms with Crippen LogP contribution < -0.4 is 4.90 Å². The number of amides is 2. The summed E-state index contributed by atoms with van der Waals surface area (Å²) in [6.45, 7) is 4.05. The first-order valence-electron chi connectivity index (χ1n) is 8.55. The second-order valence-electron chi connectivity index (χ2n) is 6.73. The molecule has 4 rings (SSSR count). The van der Waals surface area contributed by atoms with Gasteiger partial charge in [0.2, 0.25) is 11.8 Å². The van der Waals surface area contributed by atoms with Crippen LogP contribution in [-0.2, 0) is 20.1 Å². The van der Waals surface area contributed by atoms with Gasteiger partial charge in [-0.1, -0.05) is 41.9 Å². The van der Waals surface area contributed by atoms with Crippen molar-refractivity contribution in [3.05, 3.63) is 64.7 Å². The van der Waals surface area contributed by atoms with Crippen LogP contribution >= 0.6 is 11.6 Å². The number of nitrogens with zero attached hydrogens (tertiary/aromatic N) is 2. The number of ether oxygens (including phenoxy) is 1. The van der Waals surface area contributed by atoms with E-state index in [4.69, 9.17) is 16.3 Å². The van der Waals surface area contributed by atoms with E-state index in [2.05, 4.69) is 0 Å². The van der Waals surface area contributed by atoms with Crippen LogP contribution in [-0.4, -0.2) is 35.9 Å². The van der Waals surface area contributed by atoms with Crippen molar-refractivity contribution in [2.24, 2.45) is 0 Å². The third kappa shape index (κ3) is 2.47. The summed E-state index contributed by atoms with van der Waals surface area (Å²) < 4.78 is 6.45. The van der Waals surface area contributed by atoms with Crippen molar-refractivity contribution >= 4 is 29.1 Å². The molecule has 0 bridgehead atoms. The molecule has 0 unspecified atom stereocenters. The SMILES string of the molecule is CC(=O)N1C(=O)CN2C[C@H](C)O[C@]2(c2ccccc2)c2cc(Cl)ccc21. The molecule has 2 heterocycles. The van der Waals surface area contributed by atoms with Crippen LogP contribution in [0.1, 0.15) is 25.0 Å². The molecule has 0 aromatic heterocycles. The van der Waals surface area contributed by atoms with Gasteiger partial charge in [0.05, 0.1) is 18.3 Å². The molecule has 134 valence electrons. The summed E-state index contributed by atoms with van der Waals surface area (Å²) in [5.74, 6) is -0.590. The smallest absolute Gasteiger partial charge is 0.248 e. The Hall–Kier alpha value is -2.21. The molecule has 5 nitrogen and oxygen atoms in total. The van der Waals surface area contributed by atoms with E-state index in [0.717, 1.165) is 5.56 Å². The molecule has 6 heteroatoms. The number of halogens is 1. The van der Waals surface area contributed by atoms with Crippen molar-refractivity contribution < 1.29 is 14.3 Å². The monoisotopic (exact) mass is 370 g/mol. The molecule has 0 N–H and O–H groups in total. The second-order valence-corrected chi connectivity index (χ2v) is 7.17.